The van der Waals surface area contributed by atoms with E-state index in [0.29, 0.717) is 11.6 Å². The molecule has 0 unspecified atom stereocenters. The second-order valence-electron chi connectivity index (χ2n) is 4.35. The van der Waals surface area contributed by atoms with Crippen molar-refractivity contribution >= 4 is 11.6 Å². The topological polar surface area (TPSA) is 35.2 Å². The zero-order valence-corrected chi connectivity index (χ0v) is 11.8. The minimum absolute atomic E-state index is 0.591. The first-order valence-electron chi connectivity index (χ1n) is 6.49. The van der Waals surface area contributed by atoms with Crippen LogP contribution in [0.25, 0.3) is 0 Å². The number of benzene rings is 2. The Morgan fingerprint density at radius 1 is 1.05 bits per heavy atom. The van der Waals surface area contributed by atoms with Gasteiger partial charge in [-0.25, -0.2) is 0 Å². The van der Waals surface area contributed by atoms with E-state index in [1.165, 1.54) is 5.56 Å². The van der Waals surface area contributed by atoms with Crippen molar-refractivity contribution in [3.8, 4) is 11.5 Å². The van der Waals surface area contributed by atoms with E-state index in [-0.39, 0.29) is 0 Å². The predicted octanol–water partition coefficient (Wildman–Crippen LogP) is 4.20. The Labute approximate surface area is 119 Å². The largest absolute Gasteiger partial charge is 0.457 e. The number of aryl methyl sites for hydroxylation is 1. The molecule has 0 saturated carbocycles. The Balaban J connectivity index is 2.34. The van der Waals surface area contributed by atoms with Crippen molar-refractivity contribution < 1.29 is 4.74 Å². The fourth-order valence-corrected chi connectivity index (χ4v) is 2.16. The summed E-state index contributed by atoms with van der Waals surface area (Å²) in [6.07, 6.45) is 1.71. The average molecular weight is 276 g/mol. The Bertz CT molecular complexity index is 554. The van der Waals surface area contributed by atoms with E-state index in [9.17, 15) is 0 Å². The molecule has 0 aromatic heterocycles. The highest BCUT2D eigenvalue weighted by atomic mass is 35.5. The molecule has 0 saturated heterocycles. The van der Waals surface area contributed by atoms with E-state index in [0.717, 1.165) is 29.9 Å². The molecule has 100 valence electrons. The molecule has 2 N–H and O–H groups in total. The van der Waals surface area contributed by atoms with Crippen LogP contribution >= 0.6 is 11.6 Å². The van der Waals surface area contributed by atoms with Gasteiger partial charge in [0.1, 0.15) is 11.5 Å². The van der Waals surface area contributed by atoms with E-state index in [2.05, 4.69) is 13.0 Å². The van der Waals surface area contributed by atoms with Gasteiger partial charge in [-0.2, -0.15) is 0 Å². The van der Waals surface area contributed by atoms with Crippen LogP contribution in [0.4, 0.5) is 0 Å². The molecule has 0 aliphatic rings. The van der Waals surface area contributed by atoms with Gasteiger partial charge >= 0.3 is 0 Å². The van der Waals surface area contributed by atoms with Crippen LogP contribution in [-0.4, -0.2) is 6.54 Å². The molecule has 2 aromatic rings. The molecular formula is C16H18ClNO. The summed E-state index contributed by atoms with van der Waals surface area (Å²) in [5.41, 5.74) is 7.89. The van der Waals surface area contributed by atoms with Crippen molar-refractivity contribution in [3.63, 3.8) is 0 Å². The molecule has 0 radical (unpaired) electrons. The summed E-state index contributed by atoms with van der Waals surface area (Å²) in [6, 6.07) is 13.7. The minimum atomic E-state index is 0.591. The van der Waals surface area contributed by atoms with Gasteiger partial charge in [0.2, 0.25) is 0 Å². The first kappa shape index (κ1) is 13.9. The van der Waals surface area contributed by atoms with Crippen LogP contribution in [0.1, 0.15) is 18.1 Å². The van der Waals surface area contributed by atoms with Crippen molar-refractivity contribution in [2.24, 2.45) is 5.73 Å². The molecule has 0 spiro atoms. The standard InChI is InChI=1S/C16H18ClNO/c1-2-12-5-3-4-6-15(12)19-16-11-14(17)8-7-13(16)9-10-18/h3-8,11H,2,9-10,18H2,1H3. The van der Waals surface area contributed by atoms with Crippen LogP contribution in [0, 0.1) is 0 Å². The highest BCUT2D eigenvalue weighted by Gasteiger charge is 2.08. The minimum Gasteiger partial charge on any atom is -0.457 e. The molecule has 0 aliphatic heterocycles. The van der Waals surface area contributed by atoms with E-state index < -0.39 is 0 Å². The van der Waals surface area contributed by atoms with E-state index in [1.54, 1.807) is 0 Å². The van der Waals surface area contributed by atoms with Crippen molar-refractivity contribution in [2.75, 3.05) is 6.54 Å². The van der Waals surface area contributed by atoms with Crippen LogP contribution < -0.4 is 10.5 Å². The summed E-state index contributed by atoms with van der Waals surface area (Å²) in [4.78, 5) is 0. The van der Waals surface area contributed by atoms with E-state index in [4.69, 9.17) is 22.1 Å². The molecule has 0 aliphatic carbocycles. The van der Waals surface area contributed by atoms with Gasteiger partial charge in [0, 0.05) is 5.02 Å². The number of nitrogens with two attached hydrogens (primary N) is 1. The van der Waals surface area contributed by atoms with Crippen LogP contribution in [0.5, 0.6) is 11.5 Å². The SMILES string of the molecule is CCc1ccccc1Oc1cc(Cl)ccc1CCN. The molecule has 2 nitrogen and oxygen atoms in total. The first-order valence-corrected chi connectivity index (χ1v) is 6.86. The third kappa shape index (κ3) is 3.49. The predicted molar refractivity (Wildman–Crippen MR) is 80.1 cm³/mol. The smallest absolute Gasteiger partial charge is 0.132 e. The molecule has 0 fully saturated rings. The zero-order chi connectivity index (χ0) is 13.7. The fourth-order valence-electron chi connectivity index (χ4n) is 2.00. The van der Waals surface area contributed by atoms with Crippen molar-refractivity contribution in [1.82, 2.24) is 0 Å². The number of hydrogen-bond acceptors (Lipinski definition) is 2. The van der Waals surface area contributed by atoms with E-state index >= 15 is 0 Å². The van der Waals surface area contributed by atoms with Crippen molar-refractivity contribution in [3.05, 3.63) is 58.6 Å². The third-order valence-corrected chi connectivity index (χ3v) is 3.25. The van der Waals surface area contributed by atoms with Crippen LogP contribution in [0.3, 0.4) is 0 Å². The highest BCUT2D eigenvalue weighted by molar-refractivity contribution is 6.30. The summed E-state index contributed by atoms with van der Waals surface area (Å²) in [7, 11) is 0. The molecule has 2 rings (SSSR count). The van der Waals surface area contributed by atoms with Gasteiger partial charge in [-0.3, -0.25) is 0 Å². The average Bonchev–Trinajstić information content (AvgIpc) is 2.42. The van der Waals surface area contributed by atoms with E-state index in [1.807, 2.05) is 36.4 Å². The van der Waals surface area contributed by atoms with Gasteiger partial charge in [-0.1, -0.05) is 42.8 Å². The maximum absolute atomic E-state index is 6.05. The fraction of sp³-hybridized carbons (Fsp3) is 0.250. The van der Waals surface area contributed by atoms with Gasteiger partial charge in [0.25, 0.3) is 0 Å². The summed E-state index contributed by atoms with van der Waals surface area (Å²) < 4.78 is 6.02. The summed E-state index contributed by atoms with van der Waals surface area (Å²) in [5.74, 6) is 1.67. The van der Waals surface area contributed by atoms with Crippen molar-refractivity contribution in [1.29, 1.82) is 0 Å². The van der Waals surface area contributed by atoms with Gasteiger partial charge < -0.3 is 10.5 Å². The number of rotatable bonds is 5. The lowest BCUT2D eigenvalue weighted by molar-refractivity contribution is 0.470. The Morgan fingerprint density at radius 3 is 2.58 bits per heavy atom. The number of hydrogen-bond donors (Lipinski definition) is 1. The molecule has 3 heteroatoms. The van der Waals surface area contributed by atoms with Gasteiger partial charge in [-0.15, -0.1) is 0 Å². The molecular weight excluding hydrogens is 258 g/mol. The number of para-hydroxylation sites is 1. The zero-order valence-electron chi connectivity index (χ0n) is 11.0. The second kappa shape index (κ2) is 6.60. The Kier molecular flexibility index (Phi) is 4.83. The van der Waals surface area contributed by atoms with Crippen LogP contribution in [0.2, 0.25) is 5.02 Å². The van der Waals surface area contributed by atoms with Gasteiger partial charge in [0.15, 0.2) is 0 Å². The maximum Gasteiger partial charge on any atom is 0.132 e. The lowest BCUT2D eigenvalue weighted by Crippen LogP contribution is -2.04. The molecule has 19 heavy (non-hydrogen) atoms. The Hall–Kier alpha value is -1.51. The van der Waals surface area contributed by atoms with Gasteiger partial charge in [0.05, 0.1) is 0 Å². The Morgan fingerprint density at radius 2 is 1.84 bits per heavy atom. The normalized spacial score (nSPS) is 10.5. The summed E-state index contributed by atoms with van der Waals surface area (Å²) in [6.45, 7) is 2.70. The number of halogens is 1. The molecule has 0 amide bonds. The molecule has 0 heterocycles. The molecule has 0 bridgehead atoms. The number of ether oxygens (including phenoxy) is 1. The lowest BCUT2D eigenvalue weighted by Gasteiger charge is -2.13. The van der Waals surface area contributed by atoms with Crippen molar-refractivity contribution in [2.45, 2.75) is 19.8 Å². The quantitative estimate of drug-likeness (QED) is 0.888. The lowest BCUT2D eigenvalue weighted by atomic mass is 10.1. The van der Waals surface area contributed by atoms with Crippen LogP contribution in [0.15, 0.2) is 42.5 Å². The monoisotopic (exact) mass is 275 g/mol. The second-order valence-corrected chi connectivity index (χ2v) is 4.79. The highest BCUT2D eigenvalue weighted by Crippen LogP contribution is 2.30. The van der Waals surface area contributed by atoms with Crippen LogP contribution in [-0.2, 0) is 12.8 Å². The van der Waals surface area contributed by atoms with Gasteiger partial charge in [-0.05, 0) is 48.7 Å². The summed E-state index contributed by atoms with van der Waals surface area (Å²) >= 11 is 6.05. The first-order chi connectivity index (χ1) is 9.24. The molecule has 2 aromatic carbocycles. The maximum atomic E-state index is 6.05. The summed E-state index contributed by atoms with van der Waals surface area (Å²) in [5, 5.41) is 0.671. The molecule has 0 atom stereocenters. The third-order valence-electron chi connectivity index (χ3n) is 3.02.